The molecule has 1 N–H and O–H groups in total. The van der Waals surface area contributed by atoms with Crippen molar-refractivity contribution in [2.45, 2.75) is 25.3 Å². The van der Waals surface area contributed by atoms with E-state index in [1.54, 1.807) is 25.3 Å². The van der Waals surface area contributed by atoms with E-state index >= 15 is 0 Å². The van der Waals surface area contributed by atoms with Gasteiger partial charge in [0.25, 0.3) is 0 Å². The van der Waals surface area contributed by atoms with Gasteiger partial charge >= 0.3 is 6.03 Å². The monoisotopic (exact) mass is 426 g/mol. The number of methoxy groups -OCH3 is 1. The Labute approximate surface area is 178 Å². The Kier molecular flexibility index (Phi) is 6.23. The summed E-state index contributed by atoms with van der Waals surface area (Å²) >= 11 is 1.40. The minimum Gasteiger partial charge on any atom is -0.497 e. The minimum atomic E-state index is -0.302. The molecule has 4 rings (SSSR count). The zero-order valence-corrected chi connectivity index (χ0v) is 17.5. The van der Waals surface area contributed by atoms with Gasteiger partial charge in [0.15, 0.2) is 5.01 Å². The van der Waals surface area contributed by atoms with Crippen LogP contribution in [0, 0.1) is 5.82 Å². The second-order valence-corrected chi connectivity index (χ2v) is 8.23. The van der Waals surface area contributed by atoms with E-state index in [2.05, 4.69) is 15.5 Å². The molecule has 3 aromatic rings. The van der Waals surface area contributed by atoms with Crippen LogP contribution in [-0.2, 0) is 6.54 Å². The Morgan fingerprint density at radius 3 is 2.80 bits per heavy atom. The second kappa shape index (κ2) is 9.21. The van der Waals surface area contributed by atoms with Crippen LogP contribution in [0.15, 0.2) is 48.5 Å². The number of ether oxygens (including phenoxy) is 1. The maximum absolute atomic E-state index is 14.0. The van der Waals surface area contributed by atoms with Crippen LogP contribution in [0.25, 0.3) is 10.6 Å². The van der Waals surface area contributed by atoms with Crippen LogP contribution in [-0.4, -0.2) is 41.3 Å². The largest absolute Gasteiger partial charge is 0.497 e. The molecule has 1 aliphatic heterocycles. The Bertz CT molecular complexity index is 1010. The van der Waals surface area contributed by atoms with Gasteiger partial charge in [0.05, 0.1) is 7.11 Å². The van der Waals surface area contributed by atoms with Gasteiger partial charge in [-0.3, -0.25) is 0 Å². The highest BCUT2D eigenvalue weighted by Gasteiger charge is 2.27. The van der Waals surface area contributed by atoms with Crippen LogP contribution >= 0.6 is 11.3 Å². The zero-order chi connectivity index (χ0) is 20.9. The van der Waals surface area contributed by atoms with E-state index in [4.69, 9.17) is 4.74 Å². The number of piperidine rings is 1. The molecule has 0 unspecified atom stereocenters. The molecule has 2 heterocycles. The van der Waals surface area contributed by atoms with Gasteiger partial charge in [0, 0.05) is 31.1 Å². The lowest BCUT2D eigenvalue weighted by molar-refractivity contribution is 0.179. The smallest absolute Gasteiger partial charge is 0.317 e. The van der Waals surface area contributed by atoms with E-state index < -0.39 is 0 Å². The van der Waals surface area contributed by atoms with Crippen molar-refractivity contribution in [1.29, 1.82) is 0 Å². The number of benzene rings is 2. The quantitative estimate of drug-likeness (QED) is 0.655. The number of hydrogen-bond donors (Lipinski definition) is 1. The Morgan fingerprint density at radius 1 is 1.23 bits per heavy atom. The third kappa shape index (κ3) is 4.59. The summed E-state index contributed by atoms with van der Waals surface area (Å²) in [6.45, 7) is 1.75. The lowest BCUT2D eigenvalue weighted by Crippen LogP contribution is -2.44. The molecule has 1 saturated heterocycles. The average Bonchev–Trinajstić information content (AvgIpc) is 3.28. The first-order valence-corrected chi connectivity index (χ1v) is 10.7. The predicted octanol–water partition coefficient (Wildman–Crippen LogP) is 4.44. The number of urea groups is 1. The summed E-state index contributed by atoms with van der Waals surface area (Å²) in [7, 11) is 1.63. The molecule has 0 radical (unpaired) electrons. The first-order chi connectivity index (χ1) is 14.6. The predicted molar refractivity (Wildman–Crippen MR) is 114 cm³/mol. The molecule has 156 valence electrons. The molecule has 30 heavy (non-hydrogen) atoms. The lowest BCUT2D eigenvalue weighted by Gasteiger charge is -2.31. The standard InChI is InChI=1S/C22H23FN4O2S/c1-29-17-10-8-15(9-11-17)13-24-22(28)27-12-4-5-16(14-27)20-25-26-21(30-20)18-6-2-3-7-19(18)23/h2-3,6-11,16H,4-5,12-14H2,1H3,(H,24,28)/t16-/m0/s1. The highest BCUT2D eigenvalue weighted by Crippen LogP contribution is 2.33. The molecule has 1 aliphatic rings. The maximum Gasteiger partial charge on any atom is 0.317 e. The first kappa shape index (κ1) is 20.3. The molecule has 1 aromatic heterocycles. The molecule has 1 atom stereocenters. The Balaban J connectivity index is 1.37. The molecule has 6 nitrogen and oxygen atoms in total. The molecule has 2 amide bonds. The third-order valence-corrected chi connectivity index (χ3v) is 6.32. The van der Waals surface area contributed by atoms with Gasteiger partial charge in [-0.05, 0) is 42.7 Å². The van der Waals surface area contributed by atoms with Crippen molar-refractivity contribution < 1.29 is 13.9 Å². The molecule has 0 saturated carbocycles. The maximum atomic E-state index is 14.0. The highest BCUT2D eigenvalue weighted by molar-refractivity contribution is 7.14. The van der Waals surface area contributed by atoms with Crippen LogP contribution in [0.2, 0.25) is 0 Å². The fraction of sp³-hybridized carbons (Fsp3) is 0.318. The summed E-state index contributed by atoms with van der Waals surface area (Å²) in [5.41, 5.74) is 1.47. The van der Waals surface area contributed by atoms with E-state index in [1.165, 1.54) is 17.4 Å². The van der Waals surface area contributed by atoms with Crippen molar-refractivity contribution in [3.8, 4) is 16.3 Å². The topological polar surface area (TPSA) is 67.3 Å². The number of likely N-dealkylation sites (tertiary alicyclic amines) is 1. The molecule has 0 aliphatic carbocycles. The number of carbonyl (C=O) groups is 1. The summed E-state index contributed by atoms with van der Waals surface area (Å²) in [5.74, 6) is 0.600. The number of halogens is 1. The van der Waals surface area contributed by atoms with E-state index in [9.17, 15) is 9.18 Å². The van der Waals surface area contributed by atoms with Crippen molar-refractivity contribution in [2.75, 3.05) is 20.2 Å². The van der Waals surface area contributed by atoms with E-state index in [0.717, 1.165) is 29.2 Å². The highest BCUT2D eigenvalue weighted by atomic mass is 32.1. The van der Waals surface area contributed by atoms with Gasteiger partial charge in [-0.15, -0.1) is 10.2 Å². The van der Waals surface area contributed by atoms with Crippen molar-refractivity contribution >= 4 is 17.4 Å². The van der Waals surface area contributed by atoms with E-state index in [0.29, 0.717) is 30.2 Å². The SMILES string of the molecule is COc1ccc(CNC(=O)N2CCC[C@H](c3nnc(-c4ccccc4F)s3)C2)cc1. The number of carbonyl (C=O) groups excluding carboxylic acids is 1. The van der Waals surface area contributed by atoms with Crippen molar-refractivity contribution in [2.24, 2.45) is 0 Å². The third-order valence-electron chi connectivity index (χ3n) is 5.21. The van der Waals surface area contributed by atoms with Crippen LogP contribution in [0.5, 0.6) is 5.75 Å². The second-order valence-electron chi connectivity index (χ2n) is 7.22. The molecule has 8 heteroatoms. The fourth-order valence-corrected chi connectivity index (χ4v) is 4.54. The van der Waals surface area contributed by atoms with E-state index in [1.807, 2.05) is 29.2 Å². The number of aromatic nitrogens is 2. The number of amides is 2. The number of nitrogens with zero attached hydrogens (tertiary/aromatic N) is 3. The van der Waals surface area contributed by atoms with Crippen LogP contribution in [0.4, 0.5) is 9.18 Å². The zero-order valence-electron chi connectivity index (χ0n) is 16.7. The van der Waals surface area contributed by atoms with Crippen molar-refractivity contribution in [3.05, 3.63) is 64.9 Å². The van der Waals surface area contributed by atoms with Gasteiger partial charge in [0.2, 0.25) is 0 Å². The normalized spacial score (nSPS) is 16.3. The first-order valence-electron chi connectivity index (χ1n) is 9.88. The minimum absolute atomic E-state index is 0.0886. The van der Waals surface area contributed by atoms with E-state index in [-0.39, 0.29) is 17.8 Å². The molecular weight excluding hydrogens is 403 g/mol. The summed E-state index contributed by atoms with van der Waals surface area (Å²) < 4.78 is 19.2. The van der Waals surface area contributed by atoms with Gasteiger partial charge in [0.1, 0.15) is 16.6 Å². The fourth-order valence-electron chi connectivity index (χ4n) is 3.54. The summed E-state index contributed by atoms with van der Waals surface area (Å²) in [6.07, 6.45) is 1.84. The molecule has 0 bridgehead atoms. The van der Waals surface area contributed by atoms with Crippen molar-refractivity contribution in [1.82, 2.24) is 20.4 Å². The summed E-state index contributed by atoms with van der Waals surface area (Å²) in [4.78, 5) is 14.5. The summed E-state index contributed by atoms with van der Waals surface area (Å²) in [5, 5.41) is 12.9. The molecule has 1 fully saturated rings. The van der Waals surface area contributed by atoms with Crippen LogP contribution in [0.1, 0.15) is 29.3 Å². The van der Waals surface area contributed by atoms with Crippen molar-refractivity contribution in [3.63, 3.8) is 0 Å². The number of hydrogen-bond acceptors (Lipinski definition) is 5. The number of rotatable bonds is 5. The van der Waals surface area contributed by atoms with Gasteiger partial charge < -0.3 is 15.0 Å². The van der Waals surface area contributed by atoms with Gasteiger partial charge in [-0.25, -0.2) is 9.18 Å². The average molecular weight is 427 g/mol. The van der Waals surface area contributed by atoms with Gasteiger partial charge in [-0.2, -0.15) is 0 Å². The molecule has 2 aromatic carbocycles. The summed E-state index contributed by atoms with van der Waals surface area (Å²) in [6, 6.07) is 14.1. The molecule has 0 spiro atoms. The Hall–Kier alpha value is -3.00. The molecular formula is C22H23FN4O2S. The van der Waals surface area contributed by atoms with Crippen LogP contribution in [0.3, 0.4) is 0 Å². The Morgan fingerprint density at radius 2 is 2.03 bits per heavy atom. The number of nitrogens with one attached hydrogen (secondary N) is 1. The van der Waals surface area contributed by atoms with Gasteiger partial charge in [-0.1, -0.05) is 35.6 Å². The van der Waals surface area contributed by atoms with Crippen LogP contribution < -0.4 is 10.1 Å². The lowest BCUT2D eigenvalue weighted by atomic mass is 9.99.